The Morgan fingerprint density at radius 1 is 1.62 bits per heavy atom. The summed E-state index contributed by atoms with van der Waals surface area (Å²) in [5, 5.41) is 0.0236. The summed E-state index contributed by atoms with van der Waals surface area (Å²) in [7, 11) is 1.34. The van der Waals surface area contributed by atoms with E-state index in [1.807, 2.05) is 0 Å². The molecule has 86 valence electrons. The third-order valence-electron chi connectivity index (χ3n) is 2.55. The average Bonchev–Trinajstić information content (AvgIpc) is 2.36. The van der Waals surface area contributed by atoms with Crippen LogP contribution in [0.4, 0.5) is 0 Å². The maximum Gasteiger partial charge on any atom is 0.337 e. The van der Waals surface area contributed by atoms with E-state index in [1.54, 1.807) is 18.2 Å². The number of fused-ring (bicyclic) bond motifs is 1. The Kier molecular flexibility index (Phi) is 3.36. The summed E-state index contributed by atoms with van der Waals surface area (Å²) < 4.78 is 19.2. The zero-order chi connectivity index (χ0) is 11.5. The van der Waals surface area contributed by atoms with Crippen molar-refractivity contribution in [2.45, 2.75) is 11.7 Å². The number of methoxy groups -OCH3 is 1. The van der Waals surface area contributed by atoms with Crippen LogP contribution >= 0.6 is 12.0 Å². The van der Waals surface area contributed by atoms with Gasteiger partial charge in [-0.2, -0.15) is 0 Å². The molecule has 0 unspecified atom stereocenters. The smallest absolute Gasteiger partial charge is 0.337 e. The van der Waals surface area contributed by atoms with Gasteiger partial charge in [-0.15, -0.1) is 0 Å². The molecular weight excluding hydrogens is 228 g/mol. The highest BCUT2D eigenvalue weighted by atomic mass is 32.2. The maximum atomic E-state index is 11.3. The fraction of sp³-hybridized carbons (Fsp3) is 0.364. The second-order valence-corrected chi connectivity index (χ2v) is 4.26. The summed E-state index contributed by atoms with van der Waals surface area (Å²) in [6.45, 7) is 0.551. The Hall–Kier alpha value is -1.20. The summed E-state index contributed by atoms with van der Waals surface area (Å²) in [5.41, 5.74) is 1.39. The van der Waals surface area contributed by atoms with Crippen LogP contribution in [0.2, 0.25) is 0 Å². The zero-order valence-electron chi connectivity index (χ0n) is 8.80. The quantitative estimate of drug-likeness (QED) is 0.635. The number of esters is 1. The van der Waals surface area contributed by atoms with Crippen LogP contribution in [0.3, 0.4) is 0 Å². The molecule has 1 heterocycles. The Morgan fingerprint density at radius 3 is 3.12 bits per heavy atom. The van der Waals surface area contributed by atoms with Gasteiger partial charge in [0.2, 0.25) is 0 Å². The van der Waals surface area contributed by atoms with Crippen LogP contribution in [0.15, 0.2) is 18.2 Å². The van der Waals surface area contributed by atoms with Crippen molar-refractivity contribution < 1.29 is 18.8 Å². The maximum absolute atomic E-state index is 11.3. The second-order valence-electron chi connectivity index (χ2n) is 3.48. The van der Waals surface area contributed by atoms with Crippen molar-refractivity contribution >= 4 is 18.0 Å². The van der Waals surface area contributed by atoms with E-state index in [1.165, 1.54) is 7.11 Å². The minimum atomic E-state index is -0.384. The molecule has 0 radical (unpaired) electrons. The van der Waals surface area contributed by atoms with Gasteiger partial charge >= 0.3 is 5.97 Å². The van der Waals surface area contributed by atoms with Crippen LogP contribution in [0, 0.1) is 0 Å². The predicted molar refractivity (Wildman–Crippen MR) is 60.9 cm³/mol. The van der Waals surface area contributed by atoms with E-state index in [9.17, 15) is 4.79 Å². The molecule has 0 spiro atoms. The minimum Gasteiger partial charge on any atom is -0.493 e. The Morgan fingerprint density at radius 2 is 2.44 bits per heavy atom. The molecule has 1 aliphatic rings. The standard InChI is InChI=1S/C11H12O4S/c1-14-11(12)7-2-3-8-9(6-7)15-5-4-10(8)16-13/h2-3,6,10,13H,4-5H2,1H3/t10-/m0/s1. The SMILES string of the molecule is COC(=O)c1ccc2c(c1)OCC[C@@H]2SO. The van der Waals surface area contributed by atoms with Crippen LogP contribution in [0.1, 0.15) is 27.6 Å². The van der Waals surface area contributed by atoms with Crippen molar-refractivity contribution in [1.29, 1.82) is 0 Å². The third kappa shape index (κ3) is 2.01. The number of hydrogen-bond donors (Lipinski definition) is 1. The number of carbonyl (C=O) groups excluding carboxylic acids is 1. The fourth-order valence-electron chi connectivity index (χ4n) is 1.71. The largest absolute Gasteiger partial charge is 0.493 e. The van der Waals surface area contributed by atoms with E-state index in [-0.39, 0.29) is 11.2 Å². The van der Waals surface area contributed by atoms with Gasteiger partial charge in [-0.1, -0.05) is 6.07 Å². The molecule has 2 rings (SSSR count). The predicted octanol–water partition coefficient (Wildman–Crippen LogP) is 2.50. The molecule has 1 aliphatic heterocycles. The lowest BCUT2D eigenvalue weighted by molar-refractivity contribution is 0.0600. The van der Waals surface area contributed by atoms with Gasteiger partial charge in [-0.3, -0.25) is 0 Å². The van der Waals surface area contributed by atoms with Crippen LogP contribution < -0.4 is 4.74 Å². The monoisotopic (exact) mass is 240 g/mol. The highest BCUT2D eigenvalue weighted by Crippen LogP contribution is 2.39. The Bertz CT molecular complexity index is 405. The molecule has 1 aromatic carbocycles. The first-order valence-electron chi connectivity index (χ1n) is 4.91. The lowest BCUT2D eigenvalue weighted by atomic mass is 10.0. The van der Waals surface area contributed by atoms with Crippen LogP contribution in [0.5, 0.6) is 5.75 Å². The molecule has 0 bridgehead atoms. The molecule has 1 aromatic rings. The van der Waals surface area contributed by atoms with Crippen molar-refractivity contribution in [3.05, 3.63) is 29.3 Å². The number of rotatable bonds is 2. The topological polar surface area (TPSA) is 55.8 Å². The van der Waals surface area contributed by atoms with Gasteiger partial charge in [0, 0.05) is 5.56 Å². The molecule has 4 nitrogen and oxygen atoms in total. The molecule has 16 heavy (non-hydrogen) atoms. The van der Waals surface area contributed by atoms with E-state index in [4.69, 9.17) is 9.29 Å². The minimum absolute atomic E-state index is 0.0236. The van der Waals surface area contributed by atoms with Crippen LogP contribution in [-0.2, 0) is 4.74 Å². The van der Waals surface area contributed by atoms with Crippen LogP contribution in [0.25, 0.3) is 0 Å². The summed E-state index contributed by atoms with van der Waals surface area (Å²) in [4.78, 5) is 11.3. The normalized spacial score (nSPS) is 18.5. The molecule has 5 heteroatoms. The van der Waals surface area contributed by atoms with E-state index in [0.29, 0.717) is 17.9 Å². The molecule has 0 aromatic heterocycles. The Balaban J connectivity index is 2.35. The molecule has 1 N–H and O–H groups in total. The number of carbonyl (C=O) groups is 1. The van der Waals surface area contributed by atoms with Crippen molar-refractivity contribution in [2.24, 2.45) is 0 Å². The van der Waals surface area contributed by atoms with Gasteiger partial charge in [0.05, 0.1) is 24.5 Å². The van der Waals surface area contributed by atoms with E-state index < -0.39 is 0 Å². The molecule has 0 saturated carbocycles. The molecular formula is C11H12O4S. The summed E-state index contributed by atoms with van der Waals surface area (Å²) in [6.07, 6.45) is 0.770. The van der Waals surface area contributed by atoms with Crippen molar-refractivity contribution in [3.63, 3.8) is 0 Å². The summed E-state index contributed by atoms with van der Waals surface area (Å²) in [5.74, 6) is 0.269. The van der Waals surface area contributed by atoms with Crippen molar-refractivity contribution in [3.8, 4) is 5.75 Å². The van der Waals surface area contributed by atoms with Gasteiger partial charge in [0.25, 0.3) is 0 Å². The first kappa shape index (κ1) is 11.3. The number of benzene rings is 1. The van der Waals surface area contributed by atoms with Gasteiger partial charge in [0.15, 0.2) is 0 Å². The number of ether oxygens (including phenoxy) is 2. The van der Waals surface area contributed by atoms with E-state index >= 15 is 0 Å². The van der Waals surface area contributed by atoms with E-state index in [0.717, 1.165) is 24.0 Å². The number of hydrogen-bond acceptors (Lipinski definition) is 5. The van der Waals surface area contributed by atoms with E-state index in [2.05, 4.69) is 4.74 Å². The molecule has 0 amide bonds. The summed E-state index contributed by atoms with van der Waals surface area (Å²) >= 11 is 0.812. The van der Waals surface area contributed by atoms with Gasteiger partial charge in [-0.25, -0.2) is 4.79 Å². The lowest BCUT2D eigenvalue weighted by Crippen LogP contribution is -2.13. The first-order valence-corrected chi connectivity index (χ1v) is 5.75. The highest BCUT2D eigenvalue weighted by Gasteiger charge is 2.23. The second kappa shape index (κ2) is 4.76. The molecule has 0 saturated heterocycles. The molecule has 0 aliphatic carbocycles. The van der Waals surface area contributed by atoms with Crippen molar-refractivity contribution in [2.75, 3.05) is 13.7 Å². The highest BCUT2D eigenvalue weighted by molar-refractivity contribution is 7.94. The third-order valence-corrected chi connectivity index (χ3v) is 3.29. The van der Waals surface area contributed by atoms with Gasteiger partial charge in [-0.05, 0) is 30.6 Å². The van der Waals surface area contributed by atoms with Gasteiger partial charge in [0.1, 0.15) is 5.75 Å². The first-order chi connectivity index (χ1) is 7.76. The van der Waals surface area contributed by atoms with Gasteiger partial charge < -0.3 is 14.0 Å². The molecule has 1 atom stereocenters. The van der Waals surface area contributed by atoms with Crippen molar-refractivity contribution in [1.82, 2.24) is 0 Å². The summed E-state index contributed by atoms with van der Waals surface area (Å²) in [6, 6.07) is 5.14. The van der Waals surface area contributed by atoms with Crippen LogP contribution in [-0.4, -0.2) is 24.2 Å². The lowest BCUT2D eigenvalue weighted by Gasteiger charge is -2.23. The molecule has 0 fully saturated rings. The Labute approximate surface area is 97.8 Å². The fourth-order valence-corrected chi connectivity index (χ4v) is 2.22. The average molecular weight is 240 g/mol. The zero-order valence-corrected chi connectivity index (χ0v) is 9.62.